The maximum absolute atomic E-state index is 11.0. The van der Waals surface area contributed by atoms with Crippen molar-refractivity contribution >= 4 is 5.97 Å². The van der Waals surface area contributed by atoms with Gasteiger partial charge >= 0.3 is 5.97 Å². The third-order valence-electron chi connectivity index (χ3n) is 24.1. The molecule has 0 bridgehead atoms. The molecule has 1 saturated heterocycles. The predicted molar refractivity (Wildman–Crippen MR) is 543 cm³/mol. The Morgan fingerprint density at radius 2 is 0.778 bits per heavy atom. The van der Waals surface area contributed by atoms with E-state index in [9.17, 15) is 20.1 Å². The van der Waals surface area contributed by atoms with Crippen molar-refractivity contribution < 1.29 is 206 Å². The Hall–Kier alpha value is -1.39. The normalized spacial score (nSPS) is 14.7. The minimum atomic E-state index is -0.604. The first-order chi connectivity index (χ1) is 59.1. The van der Waals surface area contributed by atoms with E-state index >= 15 is 0 Å². The average Bonchev–Trinajstić information content (AvgIpc) is 0.779. The molecule has 14 unspecified atom stereocenters. The molecule has 28 heteroatoms. The van der Waals surface area contributed by atoms with Crippen molar-refractivity contribution in [1.29, 1.82) is 0 Å². The van der Waals surface area contributed by atoms with E-state index in [0.717, 1.165) is 131 Å². The zero-order chi connectivity index (χ0) is 97.0. The number of aliphatic hydroxyl groups is 3. The number of nitrogens with zero attached hydrogens (tertiary/aromatic N) is 1. The van der Waals surface area contributed by atoms with Crippen LogP contribution in [0.4, 0.5) is 0 Å². The number of benzene rings is 3. The molecule has 0 saturated carbocycles. The Morgan fingerprint density at radius 3 is 1.06 bits per heavy atom. The third kappa shape index (κ3) is 119. The van der Waals surface area contributed by atoms with Crippen LogP contribution in [0.2, 0.25) is 0 Å². The molecule has 14 atom stereocenters. The van der Waals surface area contributed by atoms with Gasteiger partial charge in [-0.25, -0.2) is 4.79 Å². The lowest BCUT2D eigenvalue weighted by Crippen LogP contribution is -3.12. The van der Waals surface area contributed by atoms with Crippen molar-refractivity contribution in [1.82, 2.24) is 10.2 Å². The van der Waals surface area contributed by atoms with E-state index < -0.39 is 18.3 Å². The summed E-state index contributed by atoms with van der Waals surface area (Å²) in [4.78, 5) is 18.4. The fourth-order valence-corrected chi connectivity index (χ4v) is 12.9. The van der Waals surface area contributed by atoms with E-state index in [-0.39, 0.29) is 148 Å². The Bertz CT molecular complexity index is 2690. The monoisotopic (exact) mass is 2120 g/mol. The van der Waals surface area contributed by atoms with Crippen molar-refractivity contribution in [3.63, 3.8) is 0 Å². The van der Waals surface area contributed by atoms with Gasteiger partial charge in [0.1, 0.15) is 58.1 Å². The number of hydrogen-bond donors (Lipinski definition) is 14. The molecule has 0 aromatic heterocycles. The number of quaternary nitrogens is 10. The van der Waals surface area contributed by atoms with Gasteiger partial charge in [0.15, 0.2) is 6.23 Å². The van der Waals surface area contributed by atoms with Crippen LogP contribution >= 0.6 is 0 Å². The molecule has 1 fully saturated rings. The molecule has 0 amide bonds. The second-order valence-corrected chi connectivity index (χ2v) is 38.6. The molecule has 3 aromatic carbocycles. The lowest BCUT2D eigenvalue weighted by molar-refractivity contribution is -0.899. The van der Waals surface area contributed by atoms with Gasteiger partial charge in [-0.15, -0.1) is 13.2 Å². The molecular weight excluding hydrogens is 1900 g/mol. The maximum atomic E-state index is 11.0. The first-order valence-electron chi connectivity index (χ1n) is 50.4. The van der Waals surface area contributed by atoms with Gasteiger partial charge in [-0.05, 0) is 139 Å². The number of allylic oxidation sites excluding steroid dienone is 1. The number of likely N-dealkylation sites (tertiary alicyclic amines) is 1. The molecule has 818 valence electrons. The number of aliphatic hydroxyl groups excluding tert-OH is 3. The number of carbonyl (C=O) groups excluding carboxylic acids is 1. The first-order valence-corrected chi connectivity index (χ1v) is 50.4. The summed E-state index contributed by atoms with van der Waals surface area (Å²) in [7, 11) is 11.0. The van der Waals surface area contributed by atoms with Crippen LogP contribution in [0.1, 0.15) is 288 Å². The highest BCUT2D eigenvalue weighted by Gasteiger charge is 2.43. The zero-order valence-electron chi connectivity index (χ0n) is 92.8. The fraction of sp³-hybridized carbons (Fsp3) is 0.766. The van der Waals surface area contributed by atoms with E-state index in [1.165, 1.54) is 127 Å². The number of piperidine rings is 1. The van der Waals surface area contributed by atoms with E-state index in [2.05, 4.69) is 369 Å². The molecule has 22 N–H and O–H groups in total. The highest BCUT2D eigenvalue weighted by molar-refractivity contribution is 5.86. The summed E-state index contributed by atoms with van der Waals surface area (Å²) in [6.45, 7) is 93.4. The second-order valence-electron chi connectivity index (χ2n) is 38.6. The molecule has 3 aromatic rings. The van der Waals surface area contributed by atoms with Crippen LogP contribution in [0.5, 0.6) is 0 Å². The largest absolute Gasteiger partial charge is 1.00 e. The summed E-state index contributed by atoms with van der Waals surface area (Å²) in [6.07, 6.45) is 16.8. The standard InChI is InChI=1S/C17H37N3O.C13H21N.C12H23NO3.2C12H19N.C11H23NO2.C9H21N.C7H17N.C6H15N.C5H13N.C3H6.10ClH/c1-8-13(2)11-18-12-15(21)19-14-9-16(3,4)20(7)17(5,6)10-14;1-4-12(2)10-14(3)11-13-8-6-5-7-9-13;1-5-10(4)6-13-7-11(14)8-16-12(15)9(2)3;2*1-3-11(2)9-13-10-12-7-5-4-6-8-12;1-4-6-14-9-11(13)8-12-7-10(3)5-2;1-5-9(4)8-10(6-2)7-3;1-5-7(2)6-8(3)4;1-4-6(2)5-7-3;1-3-5(2)4-6;1-3-2;;;;;;;;;;/h13-15,18-19,21H,8-12H2,1-7H3;5-9,12H,4,10-11H2,1-3H3;10-11,13-14H,2,5-8H2,1,3-4H3;2*4-8,11,13H,3,9-10H2,1-2H3;4,10-13H,1,5-9H2,2-3H3;9H,5-8H2,1-4H3;7H,5-6H2,1-4H3;6-7H,4-5H2,1-3H3;5H,3-4,6H2,1-2H3;3H,1H2,2H3;10*1H. The number of nitrogens with one attached hydrogen (secondary N) is 4. The summed E-state index contributed by atoms with van der Waals surface area (Å²) in [6, 6.07) is 32.4. The van der Waals surface area contributed by atoms with Crippen LogP contribution in [0.25, 0.3) is 0 Å². The molecule has 135 heavy (non-hydrogen) atoms. The molecule has 1 heterocycles. The number of nitrogens with two attached hydrogens (primary N) is 6. The summed E-state index contributed by atoms with van der Waals surface area (Å²) >= 11 is 0. The Kier molecular flexibility index (Phi) is 153. The minimum Gasteiger partial charge on any atom is -1.00 e. The number of carbonyl (C=O) groups is 1. The van der Waals surface area contributed by atoms with Gasteiger partial charge in [-0.1, -0.05) is 248 Å². The summed E-state index contributed by atoms with van der Waals surface area (Å²) in [5, 5.41) is 46.1. The van der Waals surface area contributed by atoms with Crippen molar-refractivity contribution in [3.8, 4) is 0 Å². The van der Waals surface area contributed by atoms with Crippen LogP contribution in [-0.2, 0) is 33.9 Å². The highest BCUT2D eigenvalue weighted by atomic mass is 35.5. The van der Waals surface area contributed by atoms with Crippen molar-refractivity contribution in [2.75, 3.05) is 153 Å². The van der Waals surface area contributed by atoms with E-state index in [4.69, 9.17) is 9.47 Å². The summed E-state index contributed by atoms with van der Waals surface area (Å²) in [5.41, 5.74) is 8.73. The lowest BCUT2D eigenvalue weighted by atomic mass is 9.77. The number of esters is 1. The van der Waals surface area contributed by atoms with Gasteiger partial charge in [0.05, 0.1) is 120 Å². The molecule has 1 aliphatic rings. The number of rotatable bonds is 52. The number of hydrogen-bond acceptors (Lipinski definition) is 8. The lowest BCUT2D eigenvalue weighted by Gasteiger charge is -2.54. The number of ether oxygens (including phenoxy) is 2. The average molecular weight is 2130 g/mol. The quantitative estimate of drug-likeness (QED) is 0.00849. The Labute approximate surface area is 899 Å². The van der Waals surface area contributed by atoms with Crippen LogP contribution in [0, 0.1) is 59.2 Å². The number of halogens is 10. The topological polar surface area (TPSA) is 252 Å². The van der Waals surface area contributed by atoms with Crippen LogP contribution in [0.15, 0.2) is 128 Å². The van der Waals surface area contributed by atoms with Gasteiger partial charge in [0.2, 0.25) is 0 Å². The second kappa shape index (κ2) is 120. The van der Waals surface area contributed by atoms with E-state index in [0.29, 0.717) is 37.3 Å². The van der Waals surface area contributed by atoms with Crippen molar-refractivity contribution in [2.45, 2.75) is 326 Å². The summed E-state index contributed by atoms with van der Waals surface area (Å²) < 4.78 is 9.98. The van der Waals surface area contributed by atoms with Crippen LogP contribution < -0.4 is 182 Å². The first kappa shape index (κ1) is 173. The zero-order valence-corrected chi connectivity index (χ0v) is 100. The molecule has 0 aliphatic carbocycles. The van der Waals surface area contributed by atoms with Gasteiger partial charge in [0.25, 0.3) is 0 Å². The third-order valence-corrected chi connectivity index (χ3v) is 24.1. The maximum Gasteiger partial charge on any atom is 0.333 e. The van der Waals surface area contributed by atoms with Gasteiger partial charge in [0, 0.05) is 98.6 Å². The molecular formula is C107H224Cl10N12O6. The van der Waals surface area contributed by atoms with Gasteiger partial charge in [-0.3, -0.25) is 10.2 Å². The predicted octanol–water partition coefficient (Wildman–Crippen LogP) is -20.4. The minimum absolute atomic E-state index is 0. The smallest absolute Gasteiger partial charge is 0.333 e. The molecule has 0 radical (unpaired) electrons. The molecule has 1 aliphatic heterocycles. The van der Waals surface area contributed by atoms with Gasteiger partial charge < -0.3 is 201 Å². The van der Waals surface area contributed by atoms with Gasteiger partial charge in [-0.2, -0.15) is 0 Å². The van der Waals surface area contributed by atoms with Crippen LogP contribution in [-0.4, -0.2) is 215 Å². The van der Waals surface area contributed by atoms with Crippen molar-refractivity contribution in [3.05, 3.63) is 145 Å². The molecule has 18 nitrogen and oxygen atoms in total. The Balaban J connectivity index is -0.0000000767. The summed E-state index contributed by atoms with van der Waals surface area (Å²) in [5.74, 6) is 7.65. The molecule has 4 rings (SSSR count). The van der Waals surface area contributed by atoms with E-state index in [1.54, 1.807) is 33.8 Å². The Morgan fingerprint density at radius 1 is 0.474 bits per heavy atom. The molecule has 0 spiro atoms. The highest BCUT2D eigenvalue weighted by Crippen LogP contribution is 2.37. The van der Waals surface area contributed by atoms with Crippen LogP contribution in [0.3, 0.4) is 0 Å². The van der Waals surface area contributed by atoms with E-state index in [1.807, 2.05) is 12.2 Å². The van der Waals surface area contributed by atoms with Crippen molar-refractivity contribution in [2.24, 2.45) is 59.2 Å². The SMILES string of the molecule is C=C(C)C(=O)OCC(O)C[NH2+]CC(C)CC.C=CC.C=CCOCC(O)C[NH2+]CC(C)CC.CCC(C)C[NH+](C)C.CCC(C)C[NH+](C)Cc1ccccc1.CCC(C)C[NH+](CC)CC.CCC(C)C[NH2+]C.CCC(C)C[NH2+]CC(O)NC1CC(C)(C)N(C)C(C)(C)C1.CCC(C)C[NH2+]Cc1ccccc1.CCC(C)C[NH2+]Cc1ccccc1.CCC(C)C[NH3+].[Cl-].[Cl-].[Cl-].[Cl-].[Cl-].[Cl-].[Cl-].[Cl-].[Cl-].[Cl-]. The fourth-order valence-electron chi connectivity index (χ4n) is 12.9.